The average molecular weight is 599 g/mol. The van der Waals surface area contributed by atoms with Crippen molar-refractivity contribution in [3.8, 4) is 0 Å². The minimum absolute atomic E-state index is 0.0335. The summed E-state index contributed by atoms with van der Waals surface area (Å²) < 4.78 is 54.9. The molecule has 0 unspecified atom stereocenters. The van der Waals surface area contributed by atoms with E-state index in [-0.39, 0.29) is 24.5 Å². The van der Waals surface area contributed by atoms with Crippen LogP contribution in [0.3, 0.4) is 0 Å². The average Bonchev–Trinajstić information content (AvgIpc) is 3.44. The maximum Gasteiger partial charge on any atom is 0.410 e. The Kier molecular flexibility index (Phi) is 8.45. The molecule has 2 saturated heterocycles. The number of hydrogen-bond acceptors (Lipinski definition) is 7. The molecule has 0 radical (unpaired) electrons. The molecule has 1 aromatic rings. The molecule has 4 fully saturated rings. The molecule has 1 aromatic heterocycles. The number of carbonyl (C=O) groups is 2. The van der Waals surface area contributed by atoms with Crippen LogP contribution in [0.4, 0.5) is 22.8 Å². The van der Waals surface area contributed by atoms with Gasteiger partial charge in [-0.1, -0.05) is 12.1 Å². The third kappa shape index (κ3) is 6.65. The Bertz CT molecular complexity index is 1130. The molecule has 1 N–H and O–H groups in total. The zero-order chi connectivity index (χ0) is 30.4. The zero-order valence-corrected chi connectivity index (χ0v) is 25.4. The van der Waals surface area contributed by atoms with Crippen molar-refractivity contribution in [2.75, 3.05) is 33.2 Å². The second-order valence-corrected chi connectivity index (χ2v) is 13.9. The minimum atomic E-state index is -3.02. The maximum absolute atomic E-state index is 15.3. The molecule has 5 rings (SSSR count). The highest BCUT2D eigenvalue weighted by Crippen LogP contribution is 2.44. The lowest BCUT2D eigenvalue weighted by atomic mass is 9.79. The number of nitrogens with one attached hydrogen (secondary N) is 1. The molecule has 3 heterocycles. The summed E-state index contributed by atoms with van der Waals surface area (Å²) in [6.07, 6.45) is 2.19. The predicted octanol–water partition coefficient (Wildman–Crippen LogP) is 4.85. The van der Waals surface area contributed by atoms with Gasteiger partial charge in [-0.15, -0.1) is 0 Å². The molecular weight excluding hydrogens is 553 g/mol. The van der Waals surface area contributed by atoms with Gasteiger partial charge in [-0.2, -0.15) is 4.98 Å². The summed E-state index contributed by atoms with van der Waals surface area (Å²) in [6.45, 7) is 9.31. The smallest absolute Gasteiger partial charge is 0.410 e. The fraction of sp³-hybridized carbons (Fsp3) is 0.862. The highest BCUT2D eigenvalue weighted by atomic mass is 19.3. The Labute approximate surface area is 245 Å². The Morgan fingerprint density at radius 1 is 1.10 bits per heavy atom. The quantitative estimate of drug-likeness (QED) is 0.517. The van der Waals surface area contributed by atoms with Crippen LogP contribution in [-0.4, -0.2) is 106 Å². The van der Waals surface area contributed by atoms with Gasteiger partial charge in [-0.05, 0) is 65.7 Å². The summed E-state index contributed by atoms with van der Waals surface area (Å²) in [5.41, 5.74) is -1.03. The Morgan fingerprint density at radius 3 is 2.33 bits per heavy atom. The number of nitrogens with zero attached hydrogens (tertiary/aromatic N) is 5. The van der Waals surface area contributed by atoms with Gasteiger partial charge in [-0.3, -0.25) is 4.90 Å². The van der Waals surface area contributed by atoms with Gasteiger partial charge in [0.2, 0.25) is 5.89 Å². The van der Waals surface area contributed by atoms with E-state index in [1.165, 1.54) is 0 Å². The standard InChI is InChI=1S/C29H45F3N6O4/c1-27(2,3)41-26(40)36(5)18-8-13-37(14-9-18)21-7-6-10-29(31,32)22(21)33-25(39)38-15-11-28(4,12-16-38)24-34-23(42-35-24)19-17-20(19)30/h18-22H,6-17H2,1-5H3,(H,33,39)/t19-,20+,21+,22-/m1/s1. The summed E-state index contributed by atoms with van der Waals surface area (Å²) in [4.78, 5) is 35.5. The molecule has 236 valence electrons. The number of halogens is 3. The topological polar surface area (TPSA) is 104 Å². The number of rotatable bonds is 5. The Balaban J connectivity index is 1.16. The first-order chi connectivity index (χ1) is 19.7. The maximum atomic E-state index is 15.3. The molecule has 10 nitrogen and oxygen atoms in total. The molecule has 4 atom stereocenters. The SMILES string of the molecule is CN(C(=O)OC(C)(C)C)C1CCN([C@H]2CCCC(F)(F)[C@@H]2NC(=O)N2CCC(C)(c3noc([C@@H]4C[C@@H]4F)n3)CC2)CC1. The van der Waals surface area contributed by atoms with E-state index in [0.717, 1.165) is 0 Å². The molecule has 42 heavy (non-hydrogen) atoms. The van der Waals surface area contributed by atoms with Crippen LogP contribution in [0.25, 0.3) is 0 Å². The van der Waals surface area contributed by atoms with Gasteiger partial charge in [0.15, 0.2) is 5.82 Å². The van der Waals surface area contributed by atoms with E-state index >= 15 is 8.78 Å². The molecule has 0 aromatic carbocycles. The van der Waals surface area contributed by atoms with Crippen LogP contribution in [0, 0.1) is 0 Å². The van der Waals surface area contributed by atoms with Crippen molar-refractivity contribution >= 4 is 12.1 Å². The lowest BCUT2D eigenvalue weighted by Crippen LogP contribution is -2.65. The number of carbonyl (C=O) groups excluding carboxylic acids is 2. The van der Waals surface area contributed by atoms with Crippen molar-refractivity contribution in [2.24, 2.45) is 0 Å². The van der Waals surface area contributed by atoms with Crippen LogP contribution in [0.5, 0.6) is 0 Å². The molecule has 0 spiro atoms. The van der Waals surface area contributed by atoms with E-state index in [0.29, 0.717) is 82.8 Å². The summed E-state index contributed by atoms with van der Waals surface area (Å²) >= 11 is 0. The van der Waals surface area contributed by atoms with Crippen LogP contribution >= 0.6 is 0 Å². The molecule has 2 saturated carbocycles. The highest BCUT2D eigenvalue weighted by molar-refractivity contribution is 5.75. The molecule has 4 aliphatic rings. The van der Waals surface area contributed by atoms with Gasteiger partial charge in [0, 0.05) is 57.1 Å². The third-order valence-electron chi connectivity index (χ3n) is 9.49. The lowest BCUT2D eigenvalue weighted by Gasteiger charge is -2.47. The molecule has 0 bridgehead atoms. The van der Waals surface area contributed by atoms with Gasteiger partial charge >= 0.3 is 12.1 Å². The van der Waals surface area contributed by atoms with Crippen LogP contribution in [0.15, 0.2) is 4.52 Å². The van der Waals surface area contributed by atoms with Crippen molar-refractivity contribution in [1.29, 1.82) is 0 Å². The number of amides is 3. The summed E-state index contributed by atoms with van der Waals surface area (Å²) in [6, 6.07) is -2.30. The minimum Gasteiger partial charge on any atom is -0.444 e. The Hall–Kier alpha value is -2.57. The second-order valence-electron chi connectivity index (χ2n) is 13.9. The fourth-order valence-electron chi connectivity index (χ4n) is 6.54. The molecule has 2 aliphatic heterocycles. The molecular formula is C29H45F3N6O4. The van der Waals surface area contributed by atoms with Crippen molar-refractivity contribution < 1.29 is 32.0 Å². The van der Waals surface area contributed by atoms with Gasteiger partial charge < -0.3 is 24.4 Å². The van der Waals surface area contributed by atoms with Crippen LogP contribution in [0.1, 0.15) is 96.7 Å². The van der Waals surface area contributed by atoms with E-state index in [2.05, 4.69) is 20.4 Å². The zero-order valence-electron chi connectivity index (χ0n) is 25.4. The molecule has 13 heteroatoms. The van der Waals surface area contributed by atoms with Gasteiger partial charge in [0.25, 0.3) is 5.92 Å². The van der Waals surface area contributed by atoms with Gasteiger partial charge in [-0.25, -0.2) is 22.8 Å². The first-order valence-electron chi connectivity index (χ1n) is 15.3. The second kappa shape index (κ2) is 11.5. The normalized spacial score (nSPS) is 30.0. The van der Waals surface area contributed by atoms with Crippen LogP contribution in [0.2, 0.25) is 0 Å². The van der Waals surface area contributed by atoms with Crippen molar-refractivity contribution in [3.63, 3.8) is 0 Å². The third-order valence-corrected chi connectivity index (χ3v) is 9.49. The van der Waals surface area contributed by atoms with E-state index < -0.39 is 41.2 Å². The number of alkyl halides is 3. The summed E-state index contributed by atoms with van der Waals surface area (Å²) in [5, 5.41) is 6.81. The van der Waals surface area contributed by atoms with Gasteiger partial charge in [0.05, 0.1) is 5.92 Å². The van der Waals surface area contributed by atoms with Crippen LogP contribution < -0.4 is 5.32 Å². The number of ether oxygens (including phenoxy) is 1. The predicted molar refractivity (Wildman–Crippen MR) is 148 cm³/mol. The van der Waals surface area contributed by atoms with E-state index in [1.807, 2.05) is 27.7 Å². The number of hydrogen-bond donors (Lipinski definition) is 1. The Morgan fingerprint density at radius 2 is 1.74 bits per heavy atom. The first kappa shape index (κ1) is 30.9. The number of piperidine rings is 2. The first-order valence-corrected chi connectivity index (χ1v) is 15.3. The fourth-order valence-corrected chi connectivity index (χ4v) is 6.54. The summed E-state index contributed by atoms with van der Waals surface area (Å²) in [5.74, 6) is -2.51. The highest BCUT2D eigenvalue weighted by Gasteiger charge is 2.51. The summed E-state index contributed by atoms with van der Waals surface area (Å²) in [7, 11) is 1.72. The monoisotopic (exact) mass is 598 g/mol. The molecule has 2 aliphatic carbocycles. The van der Waals surface area contributed by atoms with Crippen molar-refractivity contribution in [2.45, 2.75) is 126 Å². The lowest BCUT2D eigenvalue weighted by molar-refractivity contribution is -0.0959. The van der Waals surface area contributed by atoms with Gasteiger partial charge in [0.1, 0.15) is 17.8 Å². The number of aromatic nitrogens is 2. The van der Waals surface area contributed by atoms with E-state index in [1.54, 1.807) is 16.8 Å². The van der Waals surface area contributed by atoms with Crippen molar-refractivity contribution in [1.82, 2.24) is 30.2 Å². The number of urea groups is 1. The van der Waals surface area contributed by atoms with E-state index in [9.17, 15) is 14.0 Å². The van der Waals surface area contributed by atoms with E-state index in [4.69, 9.17) is 9.26 Å². The van der Waals surface area contributed by atoms with Crippen molar-refractivity contribution in [3.05, 3.63) is 11.7 Å². The number of likely N-dealkylation sites (tertiary alicyclic amines) is 2. The molecule has 3 amide bonds. The largest absolute Gasteiger partial charge is 0.444 e. The van der Waals surface area contributed by atoms with Crippen LogP contribution in [-0.2, 0) is 10.2 Å².